The van der Waals surface area contributed by atoms with Gasteiger partial charge in [0.1, 0.15) is 0 Å². The van der Waals surface area contributed by atoms with Gasteiger partial charge in [-0.2, -0.15) is 0 Å². The maximum atomic E-state index is 5.41. The van der Waals surface area contributed by atoms with Crippen LogP contribution in [0.2, 0.25) is 0 Å². The smallest absolute Gasteiger partial charge is 0.156 e. The molecule has 0 aliphatic rings. The van der Waals surface area contributed by atoms with Crippen LogP contribution in [0.5, 0.6) is 0 Å². The molecule has 1 nitrogen and oxygen atoms in total. The highest BCUT2D eigenvalue weighted by Gasteiger charge is 2.34. The third-order valence-electron chi connectivity index (χ3n) is 2.50. The van der Waals surface area contributed by atoms with Crippen LogP contribution in [-0.2, 0) is 4.74 Å². The average Bonchev–Trinajstić information content (AvgIpc) is 2.06. The molecule has 0 aliphatic heterocycles. The molecule has 0 amide bonds. The van der Waals surface area contributed by atoms with E-state index >= 15 is 0 Å². The fourth-order valence-electron chi connectivity index (χ4n) is 2.23. The summed E-state index contributed by atoms with van der Waals surface area (Å²) in [5, 5.41) is 0. The molecule has 0 rings (SSSR count). The Kier molecular flexibility index (Phi) is 8.00. The molecule has 0 fully saturated rings. The lowest BCUT2D eigenvalue weighted by Crippen LogP contribution is -2.12. The molecule has 0 saturated heterocycles. The zero-order valence-corrected chi connectivity index (χ0v) is 10.7. The maximum absolute atomic E-state index is 5.41. The van der Waals surface area contributed by atoms with Crippen LogP contribution in [0.3, 0.4) is 0 Å². The Hall–Kier alpha value is 0.390. The van der Waals surface area contributed by atoms with E-state index in [1.54, 1.807) is 0 Å². The van der Waals surface area contributed by atoms with Gasteiger partial charge in [0.15, 0.2) is 6.35 Å². The van der Waals surface area contributed by atoms with Gasteiger partial charge in [0.05, 0.1) is 18.5 Å². The van der Waals surface area contributed by atoms with Crippen LogP contribution in [0, 0.1) is 0 Å². The van der Waals surface area contributed by atoms with Crippen LogP contribution in [0.1, 0.15) is 40.0 Å². The fourth-order valence-corrected chi connectivity index (χ4v) is 6.68. The van der Waals surface area contributed by atoms with Gasteiger partial charge in [-0.15, -0.1) is 0 Å². The Bertz CT molecular complexity index is 85.1. The van der Waals surface area contributed by atoms with Gasteiger partial charge in [-0.3, -0.25) is 0 Å². The maximum Gasteiger partial charge on any atom is 0.156 e. The molecule has 0 spiro atoms. The van der Waals surface area contributed by atoms with Crippen LogP contribution in [0.15, 0.2) is 0 Å². The van der Waals surface area contributed by atoms with E-state index in [0.29, 0.717) is 0 Å². The van der Waals surface area contributed by atoms with Gasteiger partial charge in [-0.1, -0.05) is 20.8 Å². The van der Waals surface area contributed by atoms with Crippen LogP contribution in [0.25, 0.3) is 0 Å². The van der Waals surface area contributed by atoms with E-state index in [1.165, 1.54) is 37.7 Å². The Balaban J connectivity index is 4.19. The summed E-state index contributed by atoms with van der Waals surface area (Å²) in [6.07, 6.45) is 9.35. The van der Waals surface area contributed by atoms with Crippen molar-refractivity contribution in [1.82, 2.24) is 0 Å². The molecule has 0 aromatic rings. The van der Waals surface area contributed by atoms with Crippen molar-refractivity contribution in [3.05, 3.63) is 0 Å². The van der Waals surface area contributed by atoms with Crippen molar-refractivity contribution in [3.8, 4) is 0 Å². The molecule has 0 atom stereocenters. The first-order valence-electron chi connectivity index (χ1n) is 5.58. The number of hydrogen-bond donors (Lipinski definition) is 0. The minimum atomic E-state index is -0.718. The van der Waals surface area contributed by atoms with Gasteiger partial charge in [0, 0.05) is 14.4 Å². The van der Waals surface area contributed by atoms with E-state index in [9.17, 15) is 0 Å². The molecule has 0 radical (unpaired) electrons. The van der Waals surface area contributed by atoms with Gasteiger partial charge < -0.3 is 4.74 Å². The Morgan fingerprint density at radius 1 is 0.846 bits per heavy atom. The Morgan fingerprint density at radius 3 is 1.46 bits per heavy atom. The van der Waals surface area contributed by atoms with Gasteiger partial charge >= 0.3 is 0 Å². The van der Waals surface area contributed by atoms with Gasteiger partial charge in [-0.05, 0) is 19.3 Å². The second kappa shape index (κ2) is 7.76. The van der Waals surface area contributed by atoms with Crippen molar-refractivity contribution in [2.24, 2.45) is 0 Å². The Morgan fingerprint density at radius 2 is 1.23 bits per heavy atom. The standard InChI is InChI=1S/C11H26OP/c1-5-8-13(9-6-2,10-7-3)11-12-4/h5-11H2,1-4H3/q+1. The fraction of sp³-hybridized carbons (Fsp3) is 1.00. The van der Waals surface area contributed by atoms with Crippen LogP contribution in [-0.4, -0.2) is 31.9 Å². The highest BCUT2D eigenvalue weighted by atomic mass is 31.2. The van der Waals surface area contributed by atoms with Crippen LogP contribution >= 0.6 is 7.26 Å². The predicted octanol–water partition coefficient (Wildman–Crippen LogP) is 3.84. The van der Waals surface area contributed by atoms with Crippen molar-refractivity contribution in [1.29, 1.82) is 0 Å². The molecular weight excluding hydrogens is 179 g/mol. The van der Waals surface area contributed by atoms with Crippen molar-refractivity contribution >= 4 is 7.26 Å². The summed E-state index contributed by atoms with van der Waals surface area (Å²) < 4.78 is 5.41. The minimum absolute atomic E-state index is 0.718. The van der Waals surface area contributed by atoms with Crippen molar-refractivity contribution in [2.75, 3.05) is 31.9 Å². The molecule has 13 heavy (non-hydrogen) atoms. The average molecular weight is 205 g/mol. The second-order valence-corrected chi connectivity index (χ2v) is 8.21. The van der Waals surface area contributed by atoms with Crippen LogP contribution < -0.4 is 0 Å². The number of ether oxygens (including phenoxy) is 1. The number of hydrogen-bond acceptors (Lipinski definition) is 1. The van der Waals surface area contributed by atoms with Crippen molar-refractivity contribution < 1.29 is 4.74 Å². The molecule has 80 valence electrons. The molecule has 0 bridgehead atoms. The van der Waals surface area contributed by atoms with Gasteiger partial charge in [0.2, 0.25) is 0 Å². The summed E-state index contributed by atoms with van der Waals surface area (Å²) in [6.45, 7) is 6.90. The van der Waals surface area contributed by atoms with E-state index in [4.69, 9.17) is 4.74 Å². The monoisotopic (exact) mass is 205 g/mol. The molecule has 0 N–H and O–H groups in total. The lowest BCUT2D eigenvalue weighted by atomic mass is 10.6. The first-order valence-corrected chi connectivity index (χ1v) is 8.11. The zero-order valence-electron chi connectivity index (χ0n) is 9.81. The zero-order chi connectivity index (χ0) is 10.2. The van der Waals surface area contributed by atoms with E-state index in [-0.39, 0.29) is 0 Å². The molecule has 0 saturated carbocycles. The number of methoxy groups -OCH3 is 1. The molecule has 0 aliphatic carbocycles. The second-order valence-electron chi connectivity index (χ2n) is 3.93. The highest BCUT2D eigenvalue weighted by molar-refractivity contribution is 7.75. The molecular formula is C11H26OP+. The summed E-state index contributed by atoms with van der Waals surface area (Å²) in [4.78, 5) is 0. The predicted molar refractivity (Wildman–Crippen MR) is 64.3 cm³/mol. The molecule has 0 aromatic carbocycles. The summed E-state index contributed by atoms with van der Waals surface area (Å²) in [5.41, 5.74) is 0. The lowest BCUT2D eigenvalue weighted by molar-refractivity contribution is 0.252. The summed E-state index contributed by atoms with van der Waals surface area (Å²) >= 11 is 0. The lowest BCUT2D eigenvalue weighted by Gasteiger charge is -2.25. The molecule has 0 aromatic heterocycles. The normalized spacial score (nSPS) is 12.0. The molecule has 2 heteroatoms. The van der Waals surface area contributed by atoms with Crippen molar-refractivity contribution in [3.63, 3.8) is 0 Å². The van der Waals surface area contributed by atoms with Gasteiger partial charge in [-0.25, -0.2) is 0 Å². The largest absolute Gasteiger partial charge is 0.350 e. The highest BCUT2D eigenvalue weighted by Crippen LogP contribution is 2.59. The van der Waals surface area contributed by atoms with Gasteiger partial charge in [0.25, 0.3) is 0 Å². The van der Waals surface area contributed by atoms with Crippen molar-refractivity contribution in [2.45, 2.75) is 40.0 Å². The SMILES string of the molecule is CCC[P+](CCC)(CCC)COC. The quantitative estimate of drug-likeness (QED) is 0.547. The molecule has 0 unspecified atom stereocenters. The summed E-state index contributed by atoms with van der Waals surface area (Å²) in [7, 11) is 1.14. The first kappa shape index (κ1) is 13.4. The number of rotatable bonds is 8. The van der Waals surface area contributed by atoms with E-state index in [0.717, 1.165) is 6.35 Å². The third kappa shape index (κ3) is 4.98. The minimum Gasteiger partial charge on any atom is -0.350 e. The van der Waals surface area contributed by atoms with E-state index < -0.39 is 7.26 Å². The summed E-state index contributed by atoms with van der Waals surface area (Å²) in [6, 6.07) is 0. The Labute approximate surface area is 84.6 Å². The van der Waals surface area contributed by atoms with Crippen LogP contribution in [0.4, 0.5) is 0 Å². The topological polar surface area (TPSA) is 9.23 Å². The molecule has 0 heterocycles. The summed E-state index contributed by atoms with van der Waals surface area (Å²) in [5.74, 6) is 0. The van der Waals surface area contributed by atoms with E-state index in [1.807, 2.05) is 7.11 Å². The van der Waals surface area contributed by atoms with E-state index in [2.05, 4.69) is 20.8 Å². The first-order chi connectivity index (χ1) is 6.24. The third-order valence-corrected chi connectivity index (χ3v) is 7.49.